The average molecular weight is 195 g/mol. The molecule has 5 heteroatoms. The number of anilines is 1. The first kappa shape index (κ1) is 9.05. The molecular formula is C9H13N3O2. The molecule has 3 N–H and O–H groups in total. The molecule has 0 radical (unpaired) electrons. The number of aryl methyl sites for hydroxylation is 1. The van der Waals surface area contributed by atoms with E-state index in [1.807, 2.05) is 0 Å². The number of rotatable bonds is 1. The molecule has 0 spiro atoms. The van der Waals surface area contributed by atoms with Crippen LogP contribution in [0.5, 0.6) is 0 Å². The summed E-state index contributed by atoms with van der Waals surface area (Å²) in [6.07, 6.45) is 1.87. The number of fused-ring (bicyclic) bond motifs is 1. The van der Waals surface area contributed by atoms with Gasteiger partial charge in [-0.25, -0.2) is 9.78 Å². The molecule has 0 bridgehead atoms. The SMILES string of the molecule is CC1CCc2nc(N)c(C(=O)O)n2C1. The molecule has 0 aliphatic carbocycles. The van der Waals surface area contributed by atoms with Crippen LogP contribution >= 0.6 is 0 Å². The van der Waals surface area contributed by atoms with E-state index in [0.29, 0.717) is 12.5 Å². The Kier molecular flexibility index (Phi) is 1.94. The third-order valence-corrected chi connectivity index (χ3v) is 2.63. The minimum atomic E-state index is -0.990. The Morgan fingerprint density at radius 2 is 2.43 bits per heavy atom. The third-order valence-electron chi connectivity index (χ3n) is 2.63. The molecule has 0 saturated carbocycles. The van der Waals surface area contributed by atoms with E-state index in [-0.39, 0.29) is 11.5 Å². The number of imidazole rings is 1. The Labute approximate surface area is 81.5 Å². The van der Waals surface area contributed by atoms with Crippen LogP contribution in [-0.4, -0.2) is 20.6 Å². The number of nitrogen functional groups attached to an aromatic ring is 1. The van der Waals surface area contributed by atoms with Crippen LogP contribution in [0.25, 0.3) is 0 Å². The summed E-state index contributed by atoms with van der Waals surface area (Å²) in [6.45, 7) is 2.81. The zero-order valence-corrected chi connectivity index (χ0v) is 8.03. The molecule has 14 heavy (non-hydrogen) atoms. The predicted molar refractivity (Wildman–Crippen MR) is 51.1 cm³/mol. The van der Waals surface area contributed by atoms with Crippen LogP contribution in [0.4, 0.5) is 5.82 Å². The van der Waals surface area contributed by atoms with Gasteiger partial charge in [0.1, 0.15) is 5.82 Å². The topological polar surface area (TPSA) is 81.1 Å². The van der Waals surface area contributed by atoms with Crippen LogP contribution in [0.3, 0.4) is 0 Å². The van der Waals surface area contributed by atoms with E-state index < -0.39 is 5.97 Å². The van der Waals surface area contributed by atoms with Gasteiger partial charge in [0.15, 0.2) is 11.5 Å². The summed E-state index contributed by atoms with van der Waals surface area (Å²) < 4.78 is 1.73. The number of aromatic nitrogens is 2. The molecule has 1 aromatic rings. The van der Waals surface area contributed by atoms with Gasteiger partial charge in [-0.3, -0.25) is 0 Å². The Hall–Kier alpha value is -1.52. The second-order valence-corrected chi connectivity index (χ2v) is 3.82. The highest BCUT2D eigenvalue weighted by molar-refractivity contribution is 5.91. The van der Waals surface area contributed by atoms with E-state index in [4.69, 9.17) is 10.8 Å². The molecule has 1 aliphatic rings. The lowest BCUT2D eigenvalue weighted by Crippen LogP contribution is -2.21. The van der Waals surface area contributed by atoms with Gasteiger partial charge in [-0.1, -0.05) is 6.92 Å². The fourth-order valence-electron chi connectivity index (χ4n) is 1.91. The molecule has 0 saturated heterocycles. The number of carboxylic acid groups (broad SMARTS) is 1. The lowest BCUT2D eigenvalue weighted by molar-refractivity contribution is 0.0684. The van der Waals surface area contributed by atoms with E-state index in [1.54, 1.807) is 4.57 Å². The van der Waals surface area contributed by atoms with E-state index >= 15 is 0 Å². The van der Waals surface area contributed by atoms with Crippen molar-refractivity contribution in [2.45, 2.75) is 26.3 Å². The first-order valence-electron chi connectivity index (χ1n) is 4.67. The number of hydrogen-bond acceptors (Lipinski definition) is 3. The van der Waals surface area contributed by atoms with Crippen molar-refractivity contribution in [2.24, 2.45) is 5.92 Å². The van der Waals surface area contributed by atoms with Crippen molar-refractivity contribution >= 4 is 11.8 Å². The van der Waals surface area contributed by atoms with E-state index in [9.17, 15) is 4.79 Å². The Balaban J connectivity index is 2.50. The van der Waals surface area contributed by atoms with Gasteiger partial charge in [-0.05, 0) is 12.3 Å². The summed E-state index contributed by atoms with van der Waals surface area (Å²) in [4.78, 5) is 15.0. The first-order valence-corrected chi connectivity index (χ1v) is 4.67. The molecule has 1 atom stereocenters. The van der Waals surface area contributed by atoms with Crippen molar-refractivity contribution in [3.8, 4) is 0 Å². The predicted octanol–water partition coefficient (Wildman–Crippen LogP) is 0.746. The minimum Gasteiger partial charge on any atom is -0.476 e. The van der Waals surface area contributed by atoms with Crippen LogP contribution in [0.15, 0.2) is 0 Å². The molecule has 1 aliphatic heterocycles. The lowest BCUT2D eigenvalue weighted by atomic mass is 10.0. The second-order valence-electron chi connectivity index (χ2n) is 3.82. The van der Waals surface area contributed by atoms with E-state index in [2.05, 4.69) is 11.9 Å². The maximum absolute atomic E-state index is 10.9. The van der Waals surface area contributed by atoms with Crippen LogP contribution in [0.1, 0.15) is 29.7 Å². The minimum absolute atomic E-state index is 0.140. The zero-order valence-electron chi connectivity index (χ0n) is 8.03. The van der Waals surface area contributed by atoms with Gasteiger partial charge in [-0.2, -0.15) is 0 Å². The zero-order chi connectivity index (χ0) is 10.3. The Morgan fingerprint density at radius 3 is 3.07 bits per heavy atom. The van der Waals surface area contributed by atoms with Crippen molar-refractivity contribution < 1.29 is 9.90 Å². The van der Waals surface area contributed by atoms with Gasteiger partial charge in [0, 0.05) is 13.0 Å². The van der Waals surface area contributed by atoms with Gasteiger partial charge in [0.05, 0.1) is 0 Å². The van der Waals surface area contributed by atoms with Crippen LogP contribution < -0.4 is 5.73 Å². The summed E-state index contributed by atoms with van der Waals surface area (Å²) in [7, 11) is 0. The largest absolute Gasteiger partial charge is 0.476 e. The molecule has 0 fully saturated rings. The molecule has 1 unspecified atom stereocenters. The van der Waals surface area contributed by atoms with Gasteiger partial charge >= 0.3 is 5.97 Å². The van der Waals surface area contributed by atoms with Crippen molar-refractivity contribution in [1.82, 2.24) is 9.55 Å². The summed E-state index contributed by atoms with van der Waals surface area (Å²) in [5.41, 5.74) is 5.70. The molecule has 2 heterocycles. The molecule has 1 aromatic heterocycles. The monoisotopic (exact) mass is 195 g/mol. The highest BCUT2D eigenvalue weighted by atomic mass is 16.4. The average Bonchev–Trinajstić information content (AvgIpc) is 2.40. The lowest BCUT2D eigenvalue weighted by Gasteiger charge is -2.20. The molecule has 2 rings (SSSR count). The van der Waals surface area contributed by atoms with Crippen molar-refractivity contribution in [3.05, 3.63) is 11.5 Å². The van der Waals surface area contributed by atoms with Crippen LogP contribution in [-0.2, 0) is 13.0 Å². The van der Waals surface area contributed by atoms with Crippen molar-refractivity contribution in [1.29, 1.82) is 0 Å². The third kappa shape index (κ3) is 1.25. The Bertz CT molecular complexity index is 384. The van der Waals surface area contributed by atoms with Gasteiger partial charge in [0.25, 0.3) is 0 Å². The fourth-order valence-corrected chi connectivity index (χ4v) is 1.91. The summed E-state index contributed by atoms with van der Waals surface area (Å²) in [6, 6.07) is 0. The number of nitrogens with zero attached hydrogens (tertiary/aromatic N) is 2. The summed E-state index contributed by atoms with van der Waals surface area (Å²) in [5.74, 6) is 0.448. The standard InChI is InChI=1S/C9H13N3O2/c1-5-2-3-6-11-8(10)7(9(13)14)12(6)4-5/h5H,2-4,10H2,1H3,(H,13,14). The number of carbonyl (C=O) groups is 1. The number of nitrogens with two attached hydrogens (primary N) is 1. The maximum Gasteiger partial charge on any atom is 0.356 e. The van der Waals surface area contributed by atoms with Crippen molar-refractivity contribution in [3.63, 3.8) is 0 Å². The number of hydrogen-bond donors (Lipinski definition) is 2. The quantitative estimate of drug-likeness (QED) is 0.692. The summed E-state index contributed by atoms with van der Waals surface area (Å²) in [5, 5.41) is 8.96. The van der Waals surface area contributed by atoms with Crippen molar-refractivity contribution in [2.75, 3.05) is 5.73 Å². The molecular weight excluding hydrogens is 182 g/mol. The fraction of sp³-hybridized carbons (Fsp3) is 0.556. The van der Waals surface area contributed by atoms with Gasteiger partial charge in [-0.15, -0.1) is 0 Å². The highest BCUT2D eigenvalue weighted by Crippen LogP contribution is 2.24. The van der Waals surface area contributed by atoms with Crippen LogP contribution in [0.2, 0.25) is 0 Å². The normalized spacial score (nSPS) is 20.5. The molecule has 0 amide bonds. The van der Waals surface area contributed by atoms with E-state index in [1.165, 1.54) is 0 Å². The number of carboxylic acids is 1. The Morgan fingerprint density at radius 1 is 1.71 bits per heavy atom. The summed E-state index contributed by atoms with van der Waals surface area (Å²) >= 11 is 0. The van der Waals surface area contributed by atoms with Crippen LogP contribution in [0, 0.1) is 5.92 Å². The first-order chi connectivity index (χ1) is 6.59. The molecule has 5 nitrogen and oxygen atoms in total. The molecule has 0 aromatic carbocycles. The highest BCUT2D eigenvalue weighted by Gasteiger charge is 2.25. The van der Waals surface area contributed by atoms with Gasteiger partial charge in [0.2, 0.25) is 0 Å². The smallest absolute Gasteiger partial charge is 0.356 e. The second kappa shape index (κ2) is 3.01. The van der Waals surface area contributed by atoms with E-state index in [0.717, 1.165) is 18.7 Å². The van der Waals surface area contributed by atoms with Gasteiger partial charge < -0.3 is 15.4 Å². The number of aromatic carboxylic acids is 1. The maximum atomic E-state index is 10.9. The molecule has 76 valence electrons.